The number of carbonyl (C=O) groups is 1. The number of ether oxygens (including phenoxy) is 1. The standard InChI is InChI=1S/C20H28Cl3N3O3S/c1-14-12-25(30-9-8-24-4-2-15(27)3-5-24)6-7-26(14)20(28)13-29-19-11-17(22)16(21)10-18(19)23/h10-11,14-15,27H,2-9,12-13H2,1H3/t14-/m0/s1. The molecule has 0 aromatic heterocycles. The largest absolute Gasteiger partial charge is 0.482 e. The average molecular weight is 497 g/mol. The highest BCUT2D eigenvalue weighted by Crippen LogP contribution is 2.34. The Morgan fingerprint density at radius 2 is 1.83 bits per heavy atom. The number of hydrogen-bond donors (Lipinski definition) is 1. The van der Waals surface area contributed by atoms with Gasteiger partial charge in [0.1, 0.15) is 5.75 Å². The smallest absolute Gasteiger partial charge is 0.260 e. The van der Waals surface area contributed by atoms with Gasteiger partial charge in [-0.05, 0) is 25.8 Å². The van der Waals surface area contributed by atoms with E-state index < -0.39 is 0 Å². The second-order valence-electron chi connectivity index (χ2n) is 7.72. The number of benzene rings is 1. The van der Waals surface area contributed by atoms with Gasteiger partial charge < -0.3 is 19.6 Å². The second kappa shape index (κ2) is 11.5. The number of hydrogen-bond acceptors (Lipinski definition) is 6. The van der Waals surface area contributed by atoms with Gasteiger partial charge in [0.2, 0.25) is 0 Å². The van der Waals surface area contributed by atoms with E-state index in [4.69, 9.17) is 39.5 Å². The molecule has 0 bridgehead atoms. The number of rotatable bonds is 7. The first-order valence-electron chi connectivity index (χ1n) is 10.2. The molecule has 2 fully saturated rings. The van der Waals surface area contributed by atoms with E-state index in [0.29, 0.717) is 27.4 Å². The van der Waals surface area contributed by atoms with E-state index in [1.807, 2.05) is 16.8 Å². The van der Waals surface area contributed by atoms with E-state index in [0.717, 1.165) is 51.3 Å². The molecule has 1 amide bonds. The Morgan fingerprint density at radius 3 is 2.53 bits per heavy atom. The molecule has 0 saturated carbocycles. The Bertz CT molecular complexity index is 735. The molecule has 6 nitrogen and oxygen atoms in total. The summed E-state index contributed by atoms with van der Waals surface area (Å²) >= 11 is 19.9. The number of amides is 1. The number of piperazine rings is 1. The SMILES string of the molecule is C[C@H]1CN(SCCN2CCC(O)CC2)CCN1C(=O)COc1cc(Cl)c(Cl)cc1Cl. The topological polar surface area (TPSA) is 56.2 Å². The highest BCUT2D eigenvalue weighted by atomic mass is 35.5. The second-order valence-corrected chi connectivity index (χ2v) is 10.1. The molecule has 0 aliphatic carbocycles. The Kier molecular flexibility index (Phi) is 9.25. The number of piperidine rings is 1. The lowest BCUT2D eigenvalue weighted by molar-refractivity contribution is -0.136. The summed E-state index contributed by atoms with van der Waals surface area (Å²) in [4.78, 5) is 16.9. The minimum absolute atomic E-state index is 0.0684. The van der Waals surface area contributed by atoms with Crippen LogP contribution in [-0.4, -0.2) is 88.9 Å². The lowest BCUT2D eigenvalue weighted by atomic mass is 10.1. The average Bonchev–Trinajstić information content (AvgIpc) is 2.71. The van der Waals surface area contributed by atoms with Crippen LogP contribution in [0.3, 0.4) is 0 Å². The van der Waals surface area contributed by atoms with Gasteiger partial charge in [-0.2, -0.15) is 0 Å². The number of halogens is 3. The molecule has 0 radical (unpaired) electrons. The highest BCUT2D eigenvalue weighted by molar-refractivity contribution is 7.97. The summed E-state index contributed by atoms with van der Waals surface area (Å²) in [5.74, 6) is 1.31. The van der Waals surface area contributed by atoms with Crippen LogP contribution in [0.2, 0.25) is 15.1 Å². The molecule has 3 rings (SSSR count). The predicted molar refractivity (Wildman–Crippen MR) is 124 cm³/mol. The van der Waals surface area contributed by atoms with E-state index in [1.165, 1.54) is 12.1 Å². The fraction of sp³-hybridized carbons (Fsp3) is 0.650. The van der Waals surface area contributed by atoms with Gasteiger partial charge in [-0.1, -0.05) is 46.8 Å². The lowest BCUT2D eigenvalue weighted by Gasteiger charge is -2.39. The monoisotopic (exact) mass is 495 g/mol. The van der Waals surface area contributed by atoms with Crippen molar-refractivity contribution in [3.63, 3.8) is 0 Å². The Morgan fingerprint density at radius 1 is 1.13 bits per heavy atom. The van der Waals surface area contributed by atoms with E-state index >= 15 is 0 Å². The normalized spacial score (nSPS) is 21.8. The molecule has 1 atom stereocenters. The minimum atomic E-state index is -0.128. The molecule has 168 valence electrons. The van der Waals surface area contributed by atoms with E-state index in [-0.39, 0.29) is 24.7 Å². The molecule has 10 heteroatoms. The highest BCUT2D eigenvalue weighted by Gasteiger charge is 2.28. The predicted octanol–water partition coefficient (Wildman–Crippen LogP) is 3.66. The Hall–Kier alpha value is -0.410. The van der Waals surface area contributed by atoms with Gasteiger partial charge in [0.15, 0.2) is 6.61 Å². The van der Waals surface area contributed by atoms with Gasteiger partial charge in [0.05, 0.1) is 21.2 Å². The van der Waals surface area contributed by atoms with Gasteiger partial charge in [-0.3, -0.25) is 4.79 Å². The number of nitrogens with zero attached hydrogens (tertiary/aromatic N) is 3. The molecule has 1 N–H and O–H groups in total. The van der Waals surface area contributed by atoms with Gasteiger partial charge in [-0.25, -0.2) is 4.31 Å². The molecule has 2 heterocycles. The van der Waals surface area contributed by atoms with Crippen LogP contribution >= 0.6 is 46.8 Å². The first kappa shape index (κ1) is 24.2. The quantitative estimate of drug-likeness (QED) is 0.459. The zero-order valence-corrected chi connectivity index (χ0v) is 20.1. The van der Waals surface area contributed by atoms with Crippen LogP contribution in [0.4, 0.5) is 0 Å². The van der Waals surface area contributed by atoms with Crippen molar-refractivity contribution < 1.29 is 14.6 Å². The Labute approximate surface area is 197 Å². The summed E-state index contributed by atoms with van der Waals surface area (Å²) < 4.78 is 7.93. The summed E-state index contributed by atoms with van der Waals surface area (Å²) in [6.45, 7) is 7.27. The number of aliphatic hydroxyl groups is 1. The van der Waals surface area contributed by atoms with Crippen LogP contribution in [-0.2, 0) is 4.79 Å². The molecule has 1 aromatic carbocycles. The summed E-state index contributed by atoms with van der Waals surface area (Å²) in [6.07, 6.45) is 1.62. The third kappa shape index (κ3) is 6.79. The van der Waals surface area contributed by atoms with Crippen LogP contribution in [0, 0.1) is 0 Å². The molecule has 2 aliphatic heterocycles. The maximum Gasteiger partial charge on any atom is 0.260 e. The van der Waals surface area contributed by atoms with Crippen LogP contribution in [0.1, 0.15) is 19.8 Å². The lowest BCUT2D eigenvalue weighted by Crippen LogP contribution is -2.53. The summed E-state index contributed by atoms with van der Waals surface area (Å²) in [5.41, 5.74) is 0. The van der Waals surface area contributed by atoms with Crippen molar-refractivity contribution in [2.75, 3.05) is 51.6 Å². The maximum absolute atomic E-state index is 12.6. The first-order valence-corrected chi connectivity index (χ1v) is 12.3. The summed E-state index contributed by atoms with van der Waals surface area (Å²) in [7, 11) is 0. The van der Waals surface area contributed by atoms with Crippen LogP contribution in [0.5, 0.6) is 5.75 Å². The molecule has 2 saturated heterocycles. The van der Waals surface area contributed by atoms with Crippen molar-refractivity contribution in [3.8, 4) is 5.75 Å². The fourth-order valence-electron chi connectivity index (χ4n) is 3.69. The molecular weight excluding hydrogens is 469 g/mol. The molecular formula is C20H28Cl3N3O3S. The molecule has 1 aromatic rings. The Balaban J connectivity index is 1.39. The van der Waals surface area contributed by atoms with Gasteiger partial charge in [-0.15, -0.1) is 0 Å². The van der Waals surface area contributed by atoms with Crippen LogP contribution < -0.4 is 4.74 Å². The zero-order valence-electron chi connectivity index (χ0n) is 17.0. The number of aliphatic hydroxyl groups excluding tert-OH is 1. The van der Waals surface area contributed by atoms with Crippen molar-refractivity contribution in [1.29, 1.82) is 0 Å². The van der Waals surface area contributed by atoms with Gasteiger partial charge in [0.25, 0.3) is 5.91 Å². The summed E-state index contributed by atoms with van der Waals surface area (Å²) in [6, 6.07) is 3.15. The molecule has 30 heavy (non-hydrogen) atoms. The van der Waals surface area contributed by atoms with E-state index in [2.05, 4.69) is 16.1 Å². The van der Waals surface area contributed by atoms with Crippen LogP contribution in [0.15, 0.2) is 12.1 Å². The van der Waals surface area contributed by atoms with E-state index in [1.54, 1.807) is 0 Å². The third-order valence-corrected chi connectivity index (χ3v) is 7.55. The minimum Gasteiger partial charge on any atom is -0.482 e. The van der Waals surface area contributed by atoms with Crippen molar-refractivity contribution >= 4 is 52.7 Å². The van der Waals surface area contributed by atoms with Crippen molar-refractivity contribution in [2.45, 2.75) is 31.9 Å². The maximum atomic E-state index is 12.6. The number of likely N-dealkylation sites (tertiary alicyclic amines) is 1. The van der Waals surface area contributed by atoms with Crippen molar-refractivity contribution in [1.82, 2.24) is 14.1 Å². The van der Waals surface area contributed by atoms with Crippen LogP contribution in [0.25, 0.3) is 0 Å². The molecule has 2 aliphatic rings. The van der Waals surface area contributed by atoms with Gasteiger partial charge in [0, 0.05) is 57.1 Å². The number of carbonyl (C=O) groups excluding carboxylic acids is 1. The first-order chi connectivity index (χ1) is 14.3. The van der Waals surface area contributed by atoms with Crippen molar-refractivity contribution in [3.05, 3.63) is 27.2 Å². The molecule has 0 unspecified atom stereocenters. The third-order valence-electron chi connectivity index (χ3n) is 5.48. The van der Waals surface area contributed by atoms with Gasteiger partial charge >= 0.3 is 0 Å². The van der Waals surface area contributed by atoms with Crippen molar-refractivity contribution in [2.24, 2.45) is 0 Å². The zero-order chi connectivity index (χ0) is 21.7. The summed E-state index contributed by atoms with van der Waals surface area (Å²) in [5, 5.41) is 10.6. The molecule has 0 spiro atoms. The van der Waals surface area contributed by atoms with E-state index in [9.17, 15) is 9.90 Å². The fourth-order valence-corrected chi connectivity index (χ4v) is 5.41.